The number of carbonyl (C=O) groups is 2. The summed E-state index contributed by atoms with van der Waals surface area (Å²) >= 11 is 0. The van der Waals surface area contributed by atoms with E-state index in [1.165, 1.54) is 18.2 Å². The average Bonchev–Trinajstić information content (AvgIpc) is 2.68. The molecular formula is C22H17FO3. The Morgan fingerprint density at radius 3 is 1.81 bits per heavy atom. The van der Waals surface area contributed by atoms with E-state index in [0.29, 0.717) is 0 Å². The standard InChI is InChI=1S/C22H17FO3/c23-19-14-8-7-13-18(19)20(24)15-26-22(25)21(16-9-3-1-4-10-16)17-11-5-2-6-12-17/h1-14,21H,15H2. The number of benzene rings is 3. The Kier molecular flexibility index (Phi) is 5.54. The number of ether oxygens (including phenoxy) is 1. The maximum atomic E-state index is 13.7. The zero-order chi connectivity index (χ0) is 18.4. The molecule has 3 nitrogen and oxygen atoms in total. The molecule has 26 heavy (non-hydrogen) atoms. The fourth-order valence-electron chi connectivity index (χ4n) is 2.74. The Hall–Kier alpha value is -3.27. The molecule has 130 valence electrons. The molecule has 0 saturated heterocycles. The van der Waals surface area contributed by atoms with Gasteiger partial charge in [-0.2, -0.15) is 0 Å². The molecular weight excluding hydrogens is 331 g/mol. The topological polar surface area (TPSA) is 43.4 Å². The molecule has 3 rings (SSSR count). The summed E-state index contributed by atoms with van der Waals surface area (Å²) in [6.45, 7) is -0.504. The summed E-state index contributed by atoms with van der Waals surface area (Å²) in [6, 6.07) is 24.0. The first-order chi connectivity index (χ1) is 12.7. The Morgan fingerprint density at radius 2 is 1.27 bits per heavy atom. The maximum absolute atomic E-state index is 13.7. The molecule has 0 radical (unpaired) electrons. The van der Waals surface area contributed by atoms with E-state index in [-0.39, 0.29) is 5.56 Å². The van der Waals surface area contributed by atoms with Crippen LogP contribution in [0.4, 0.5) is 4.39 Å². The van der Waals surface area contributed by atoms with Gasteiger partial charge in [0.2, 0.25) is 5.78 Å². The van der Waals surface area contributed by atoms with Gasteiger partial charge in [-0.05, 0) is 23.3 Å². The second-order valence-electron chi connectivity index (χ2n) is 5.77. The molecule has 0 bridgehead atoms. The van der Waals surface area contributed by atoms with Crippen molar-refractivity contribution in [1.82, 2.24) is 0 Å². The van der Waals surface area contributed by atoms with Crippen molar-refractivity contribution in [3.05, 3.63) is 107 Å². The first-order valence-corrected chi connectivity index (χ1v) is 8.21. The van der Waals surface area contributed by atoms with E-state index in [9.17, 15) is 14.0 Å². The Balaban J connectivity index is 1.78. The third-order valence-electron chi connectivity index (χ3n) is 4.02. The fourth-order valence-corrected chi connectivity index (χ4v) is 2.74. The maximum Gasteiger partial charge on any atom is 0.318 e. The highest BCUT2D eigenvalue weighted by atomic mass is 19.1. The zero-order valence-corrected chi connectivity index (χ0v) is 14.0. The van der Waals surface area contributed by atoms with E-state index in [1.807, 2.05) is 60.7 Å². The van der Waals surface area contributed by atoms with Gasteiger partial charge in [0.15, 0.2) is 6.61 Å². The van der Waals surface area contributed by atoms with Crippen LogP contribution in [0.3, 0.4) is 0 Å². The van der Waals surface area contributed by atoms with Crippen molar-refractivity contribution >= 4 is 11.8 Å². The molecule has 4 heteroatoms. The molecule has 0 aromatic heterocycles. The fraction of sp³-hybridized carbons (Fsp3) is 0.0909. The van der Waals surface area contributed by atoms with E-state index < -0.39 is 30.1 Å². The van der Waals surface area contributed by atoms with Crippen molar-refractivity contribution in [2.75, 3.05) is 6.61 Å². The van der Waals surface area contributed by atoms with E-state index in [1.54, 1.807) is 6.07 Å². The molecule has 0 unspecified atom stereocenters. The van der Waals surface area contributed by atoms with Gasteiger partial charge in [-0.3, -0.25) is 9.59 Å². The van der Waals surface area contributed by atoms with Crippen molar-refractivity contribution in [3.8, 4) is 0 Å². The third kappa shape index (κ3) is 4.03. The molecule has 0 atom stereocenters. The molecule has 0 fully saturated rings. The summed E-state index contributed by atoms with van der Waals surface area (Å²) in [5.41, 5.74) is 1.44. The molecule has 0 N–H and O–H groups in total. The summed E-state index contributed by atoms with van der Waals surface area (Å²) in [6.07, 6.45) is 0. The van der Waals surface area contributed by atoms with Crippen LogP contribution in [0.1, 0.15) is 27.4 Å². The van der Waals surface area contributed by atoms with Gasteiger partial charge < -0.3 is 4.74 Å². The van der Waals surface area contributed by atoms with Crippen LogP contribution in [0.25, 0.3) is 0 Å². The second kappa shape index (κ2) is 8.21. The summed E-state index contributed by atoms with van der Waals surface area (Å²) in [5, 5.41) is 0. The highest BCUT2D eigenvalue weighted by Gasteiger charge is 2.25. The smallest absolute Gasteiger partial charge is 0.318 e. The Labute approximate surface area is 151 Å². The van der Waals surface area contributed by atoms with Crippen molar-refractivity contribution in [3.63, 3.8) is 0 Å². The van der Waals surface area contributed by atoms with Crippen LogP contribution in [-0.4, -0.2) is 18.4 Å². The quantitative estimate of drug-likeness (QED) is 0.490. The van der Waals surface area contributed by atoms with Crippen LogP contribution < -0.4 is 0 Å². The molecule has 0 aliphatic rings. The normalized spacial score (nSPS) is 10.5. The number of esters is 1. The van der Waals surface area contributed by atoms with Gasteiger partial charge in [-0.1, -0.05) is 72.8 Å². The van der Waals surface area contributed by atoms with Crippen molar-refractivity contribution < 1.29 is 18.7 Å². The van der Waals surface area contributed by atoms with Gasteiger partial charge in [0, 0.05) is 0 Å². The minimum Gasteiger partial charge on any atom is -0.457 e. The highest BCUT2D eigenvalue weighted by molar-refractivity contribution is 5.98. The van der Waals surface area contributed by atoms with Gasteiger partial charge in [-0.25, -0.2) is 4.39 Å². The van der Waals surface area contributed by atoms with E-state index >= 15 is 0 Å². The summed E-state index contributed by atoms with van der Waals surface area (Å²) in [7, 11) is 0. The lowest BCUT2D eigenvalue weighted by molar-refractivity contribution is -0.143. The van der Waals surface area contributed by atoms with Crippen LogP contribution in [-0.2, 0) is 9.53 Å². The molecule has 0 aliphatic carbocycles. The molecule has 0 spiro atoms. The SMILES string of the molecule is O=C(COC(=O)C(c1ccccc1)c1ccccc1)c1ccccc1F. The van der Waals surface area contributed by atoms with Crippen molar-refractivity contribution in [1.29, 1.82) is 0 Å². The molecule has 0 aliphatic heterocycles. The first kappa shape index (κ1) is 17.5. The first-order valence-electron chi connectivity index (χ1n) is 8.21. The van der Waals surface area contributed by atoms with Crippen LogP contribution >= 0.6 is 0 Å². The zero-order valence-electron chi connectivity index (χ0n) is 14.0. The number of Topliss-reactive ketones (excluding diaryl/α,β-unsaturated/α-hetero) is 1. The molecule has 0 heterocycles. The lowest BCUT2D eigenvalue weighted by Crippen LogP contribution is -2.21. The van der Waals surface area contributed by atoms with Gasteiger partial charge in [0.1, 0.15) is 11.7 Å². The molecule has 0 saturated carbocycles. The summed E-state index contributed by atoms with van der Waals surface area (Å²) in [4.78, 5) is 24.8. The van der Waals surface area contributed by atoms with Crippen molar-refractivity contribution in [2.45, 2.75) is 5.92 Å². The van der Waals surface area contributed by atoms with Gasteiger partial charge >= 0.3 is 5.97 Å². The Bertz CT molecular complexity index is 852. The molecule has 3 aromatic rings. The predicted octanol–water partition coefficient (Wildman–Crippen LogP) is 4.38. The lowest BCUT2D eigenvalue weighted by atomic mass is 9.91. The number of hydrogen-bond acceptors (Lipinski definition) is 3. The van der Waals surface area contributed by atoms with Crippen LogP contribution in [0.5, 0.6) is 0 Å². The minimum absolute atomic E-state index is 0.0868. The molecule has 0 amide bonds. The lowest BCUT2D eigenvalue weighted by Gasteiger charge is -2.17. The van der Waals surface area contributed by atoms with Gasteiger partial charge in [-0.15, -0.1) is 0 Å². The van der Waals surface area contributed by atoms with E-state index in [0.717, 1.165) is 11.1 Å². The van der Waals surface area contributed by atoms with Gasteiger partial charge in [0.05, 0.1) is 5.56 Å². The van der Waals surface area contributed by atoms with Crippen LogP contribution in [0, 0.1) is 5.82 Å². The Morgan fingerprint density at radius 1 is 0.769 bits per heavy atom. The number of ketones is 1. The number of hydrogen-bond donors (Lipinski definition) is 0. The van der Waals surface area contributed by atoms with E-state index in [4.69, 9.17) is 4.74 Å². The predicted molar refractivity (Wildman–Crippen MR) is 96.4 cm³/mol. The van der Waals surface area contributed by atoms with Crippen LogP contribution in [0.15, 0.2) is 84.9 Å². The number of carbonyl (C=O) groups excluding carboxylic acids is 2. The number of halogens is 1. The van der Waals surface area contributed by atoms with Crippen molar-refractivity contribution in [2.24, 2.45) is 0 Å². The van der Waals surface area contributed by atoms with Gasteiger partial charge in [0.25, 0.3) is 0 Å². The second-order valence-corrected chi connectivity index (χ2v) is 5.77. The summed E-state index contributed by atoms with van der Waals surface area (Å²) in [5.74, 6) is -2.40. The third-order valence-corrected chi connectivity index (χ3v) is 4.02. The minimum atomic E-state index is -0.647. The average molecular weight is 348 g/mol. The monoisotopic (exact) mass is 348 g/mol. The van der Waals surface area contributed by atoms with E-state index in [2.05, 4.69) is 0 Å². The number of rotatable bonds is 6. The highest BCUT2D eigenvalue weighted by Crippen LogP contribution is 2.26. The summed E-state index contributed by atoms with van der Waals surface area (Å²) < 4.78 is 18.9. The van der Waals surface area contributed by atoms with Crippen LogP contribution in [0.2, 0.25) is 0 Å². The molecule has 3 aromatic carbocycles. The largest absolute Gasteiger partial charge is 0.457 e.